The van der Waals surface area contributed by atoms with Crippen LogP contribution in [0.15, 0.2) is 22.7 Å². The second-order valence-electron chi connectivity index (χ2n) is 6.07. The molecule has 0 bridgehead atoms. The molecule has 0 radical (unpaired) electrons. The van der Waals surface area contributed by atoms with Gasteiger partial charge in [-0.25, -0.2) is 4.39 Å². The van der Waals surface area contributed by atoms with Gasteiger partial charge in [0.2, 0.25) is 0 Å². The Morgan fingerprint density at radius 1 is 1.40 bits per heavy atom. The third kappa shape index (κ3) is 4.03. The molecule has 1 saturated carbocycles. The molecule has 1 aliphatic rings. The number of nitrogens with zero attached hydrogens (tertiary/aromatic N) is 1. The summed E-state index contributed by atoms with van der Waals surface area (Å²) < 4.78 is 14.5. The molecule has 1 fully saturated rings. The molecule has 2 N–H and O–H groups in total. The summed E-state index contributed by atoms with van der Waals surface area (Å²) in [6.07, 6.45) is 3.63. The summed E-state index contributed by atoms with van der Waals surface area (Å²) in [5, 5.41) is 0. The summed E-state index contributed by atoms with van der Waals surface area (Å²) in [5.74, 6) is 0.479. The molecule has 112 valence electrons. The first kappa shape index (κ1) is 15.9. The van der Waals surface area contributed by atoms with Gasteiger partial charge in [0.15, 0.2) is 0 Å². The van der Waals surface area contributed by atoms with Crippen LogP contribution in [0, 0.1) is 11.7 Å². The van der Waals surface area contributed by atoms with Crippen molar-refractivity contribution in [3.63, 3.8) is 0 Å². The molecule has 0 saturated heterocycles. The van der Waals surface area contributed by atoms with E-state index in [2.05, 4.69) is 34.7 Å². The van der Waals surface area contributed by atoms with Gasteiger partial charge in [-0.05, 0) is 55.5 Å². The van der Waals surface area contributed by atoms with Crippen LogP contribution in [0.1, 0.15) is 44.7 Å². The SMILES string of the molecule is CC(C)CCN(C1CC1)C(CN)c1cc(F)ccc1Br. The maximum atomic E-state index is 13.6. The fourth-order valence-corrected chi connectivity index (χ4v) is 3.13. The lowest BCUT2D eigenvalue weighted by Crippen LogP contribution is -2.37. The minimum Gasteiger partial charge on any atom is -0.329 e. The molecule has 0 aromatic heterocycles. The lowest BCUT2D eigenvalue weighted by molar-refractivity contribution is 0.180. The summed E-state index contributed by atoms with van der Waals surface area (Å²) in [5.41, 5.74) is 6.99. The maximum absolute atomic E-state index is 13.6. The van der Waals surface area contributed by atoms with Crippen molar-refractivity contribution < 1.29 is 4.39 Å². The second kappa shape index (κ2) is 7.01. The fraction of sp³-hybridized carbons (Fsp3) is 0.625. The highest BCUT2D eigenvalue weighted by Gasteiger charge is 2.34. The molecule has 2 nitrogen and oxygen atoms in total. The normalized spacial score (nSPS) is 16.9. The molecule has 2 rings (SSSR count). The van der Waals surface area contributed by atoms with Gasteiger partial charge in [-0.1, -0.05) is 29.8 Å². The average Bonchev–Trinajstić information content (AvgIpc) is 3.22. The number of hydrogen-bond donors (Lipinski definition) is 1. The van der Waals surface area contributed by atoms with Gasteiger partial charge in [0.25, 0.3) is 0 Å². The van der Waals surface area contributed by atoms with Crippen molar-refractivity contribution in [2.75, 3.05) is 13.1 Å². The van der Waals surface area contributed by atoms with Gasteiger partial charge < -0.3 is 5.73 Å². The van der Waals surface area contributed by atoms with Crippen molar-refractivity contribution in [1.82, 2.24) is 4.90 Å². The van der Waals surface area contributed by atoms with Crippen LogP contribution < -0.4 is 5.73 Å². The van der Waals surface area contributed by atoms with E-state index in [1.165, 1.54) is 18.9 Å². The van der Waals surface area contributed by atoms with Gasteiger partial charge in [0.05, 0.1) is 0 Å². The fourth-order valence-electron chi connectivity index (χ4n) is 2.62. The van der Waals surface area contributed by atoms with Gasteiger partial charge in [0, 0.05) is 23.1 Å². The first-order valence-corrected chi connectivity index (χ1v) is 8.23. The Morgan fingerprint density at radius 3 is 2.65 bits per heavy atom. The van der Waals surface area contributed by atoms with E-state index in [9.17, 15) is 4.39 Å². The zero-order valence-electron chi connectivity index (χ0n) is 12.3. The lowest BCUT2D eigenvalue weighted by atomic mass is 10.0. The topological polar surface area (TPSA) is 29.3 Å². The Morgan fingerprint density at radius 2 is 2.10 bits per heavy atom. The predicted molar refractivity (Wildman–Crippen MR) is 85.1 cm³/mol. The first-order chi connectivity index (χ1) is 9.52. The van der Waals surface area contributed by atoms with Crippen molar-refractivity contribution in [3.05, 3.63) is 34.1 Å². The van der Waals surface area contributed by atoms with E-state index in [1.54, 1.807) is 12.1 Å². The van der Waals surface area contributed by atoms with Crippen LogP contribution in [-0.2, 0) is 0 Å². The van der Waals surface area contributed by atoms with Crippen LogP contribution >= 0.6 is 15.9 Å². The van der Waals surface area contributed by atoms with Crippen LogP contribution in [0.2, 0.25) is 0 Å². The van der Waals surface area contributed by atoms with Gasteiger partial charge in [-0.3, -0.25) is 4.90 Å². The number of halogens is 2. The molecule has 1 aromatic carbocycles. The molecular weight excluding hydrogens is 319 g/mol. The Labute approximate surface area is 129 Å². The van der Waals surface area contributed by atoms with Crippen LogP contribution in [0.25, 0.3) is 0 Å². The molecule has 1 unspecified atom stereocenters. The number of benzene rings is 1. The largest absolute Gasteiger partial charge is 0.329 e. The Hall–Kier alpha value is -0.450. The molecule has 0 amide bonds. The minimum absolute atomic E-state index is 0.103. The quantitative estimate of drug-likeness (QED) is 0.808. The van der Waals surface area contributed by atoms with Crippen LogP contribution in [0.3, 0.4) is 0 Å². The van der Waals surface area contributed by atoms with Crippen molar-refractivity contribution in [2.45, 2.75) is 45.2 Å². The zero-order valence-corrected chi connectivity index (χ0v) is 13.9. The summed E-state index contributed by atoms with van der Waals surface area (Å²) >= 11 is 3.54. The number of hydrogen-bond acceptors (Lipinski definition) is 2. The maximum Gasteiger partial charge on any atom is 0.123 e. The number of nitrogens with two attached hydrogens (primary N) is 1. The Kier molecular flexibility index (Phi) is 5.58. The third-order valence-corrected chi connectivity index (χ3v) is 4.64. The smallest absolute Gasteiger partial charge is 0.123 e. The minimum atomic E-state index is -0.193. The monoisotopic (exact) mass is 342 g/mol. The molecule has 1 aromatic rings. The van der Waals surface area contributed by atoms with E-state index in [4.69, 9.17) is 5.73 Å². The van der Waals surface area contributed by atoms with Crippen molar-refractivity contribution in [2.24, 2.45) is 11.7 Å². The lowest BCUT2D eigenvalue weighted by Gasteiger charge is -2.32. The van der Waals surface area contributed by atoms with Gasteiger partial charge in [0.1, 0.15) is 5.82 Å². The van der Waals surface area contributed by atoms with Crippen LogP contribution in [0.5, 0.6) is 0 Å². The molecule has 1 aliphatic carbocycles. The van der Waals surface area contributed by atoms with Crippen molar-refractivity contribution in [1.29, 1.82) is 0 Å². The van der Waals surface area contributed by atoms with E-state index < -0.39 is 0 Å². The third-order valence-electron chi connectivity index (χ3n) is 3.92. The Bertz CT molecular complexity index is 446. The van der Waals surface area contributed by atoms with E-state index in [0.717, 1.165) is 23.0 Å². The van der Waals surface area contributed by atoms with E-state index >= 15 is 0 Å². The molecule has 0 spiro atoms. The second-order valence-corrected chi connectivity index (χ2v) is 6.92. The van der Waals surface area contributed by atoms with Crippen LogP contribution in [0.4, 0.5) is 4.39 Å². The highest BCUT2D eigenvalue weighted by atomic mass is 79.9. The summed E-state index contributed by atoms with van der Waals surface area (Å²) in [6.45, 7) is 6.03. The van der Waals surface area contributed by atoms with Crippen molar-refractivity contribution in [3.8, 4) is 0 Å². The van der Waals surface area contributed by atoms with Crippen molar-refractivity contribution >= 4 is 15.9 Å². The first-order valence-electron chi connectivity index (χ1n) is 7.43. The molecule has 1 atom stereocenters. The summed E-state index contributed by atoms with van der Waals surface area (Å²) in [7, 11) is 0. The summed E-state index contributed by atoms with van der Waals surface area (Å²) in [6, 6.07) is 5.60. The average molecular weight is 343 g/mol. The molecular formula is C16H24BrFN2. The molecule has 0 heterocycles. The van der Waals surface area contributed by atoms with Gasteiger partial charge in [-0.2, -0.15) is 0 Å². The van der Waals surface area contributed by atoms with Crippen LogP contribution in [-0.4, -0.2) is 24.0 Å². The zero-order chi connectivity index (χ0) is 14.7. The standard InChI is InChI=1S/C16H24BrFN2/c1-11(2)7-8-20(13-4-5-13)16(10-19)14-9-12(18)3-6-15(14)17/h3,6,9,11,13,16H,4-5,7-8,10,19H2,1-2H3. The predicted octanol–water partition coefficient (Wildman–Crippen LogP) is 4.10. The molecule has 4 heteroatoms. The Balaban J connectivity index is 2.21. The van der Waals surface area contributed by atoms with Gasteiger partial charge >= 0.3 is 0 Å². The summed E-state index contributed by atoms with van der Waals surface area (Å²) in [4.78, 5) is 2.47. The molecule has 0 aliphatic heterocycles. The van der Waals surface area contributed by atoms with E-state index in [0.29, 0.717) is 18.5 Å². The molecule has 20 heavy (non-hydrogen) atoms. The highest BCUT2D eigenvalue weighted by Crippen LogP contribution is 2.37. The van der Waals surface area contributed by atoms with E-state index in [-0.39, 0.29) is 11.9 Å². The van der Waals surface area contributed by atoms with E-state index in [1.807, 2.05) is 0 Å². The number of rotatable bonds is 7. The highest BCUT2D eigenvalue weighted by molar-refractivity contribution is 9.10. The van der Waals surface area contributed by atoms with Gasteiger partial charge in [-0.15, -0.1) is 0 Å².